The van der Waals surface area contributed by atoms with Crippen LogP contribution in [0.4, 0.5) is 5.95 Å². The molecular weight excluding hydrogens is 170 g/mol. The molecule has 0 radical (unpaired) electrons. The van der Waals surface area contributed by atoms with E-state index in [0.29, 0.717) is 0 Å². The van der Waals surface area contributed by atoms with Crippen molar-refractivity contribution in [3.63, 3.8) is 0 Å². The van der Waals surface area contributed by atoms with Gasteiger partial charge in [-0.15, -0.1) is 5.10 Å². The molecule has 1 aromatic heterocycles. The maximum absolute atomic E-state index is 11.4. The summed E-state index contributed by atoms with van der Waals surface area (Å²) < 4.78 is 0. The Morgan fingerprint density at radius 1 is 1.46 bits per heavy atom. The van der Waals surface area contributed by atoms with Crippen molar-refractivity contribution in [3.8, 4) is 0 Å². The number of nitrogens with one attached hydrogen (secondary N) is 1. The summed E-state index contributed by atoms with van der Waals surface area (Å²) in [5.74, 6) is 0.106. The lowest BCUT2D eigenvalue weighted by atomic mass is 10.1. The lowest BCUT2D eigenvalue weighted by Crippen LogP contribution is -2.25. The summed E-state index contributed by atoms with van der Waals surface area (Å²) in [7, 11) is 0. The second-order valence-corrected chi connectivity index (χ2v) is 3.14. The molecule has 0 aliphatic heterocycles. The average Bonchev–Trinajstić information content (AvgIpc) is 2.74. The maximum Gasteiger partial charge on any atom is 0.287 e. The van der Waals surface area contributed by atoms with E-state index >= 15 is 0 Å². The van der Waals surface area contributed by atoms with Gasteiger partial charge in [-0.1, -0.05) is 17.9 Å². The van der Waals surface area contributed by atoms with Gasteiger partial charge in [-0.25, -0.2) is 4.99 Å². The monoisotopic (exact) mass is 180 g/mol. The van der Waals surface area contributed by atoms with Crippen LogP contribution < -0.4 is 5.11 Å². The number of H-pyrrole nitrogens is 1. The van der Waals surface area contributed by atoms with Gasteiger partial charge in [0.2, 0.25) is 0 Å². The van der Waals surface area contributed by atoms with Gasteiger partial charge in [0.25, 0.3) is 5.95 Å². The number of aromatic nitrogens is 4. The van der Waals surface area contributed by atoms with Crippen LogP contribution in [0.2, 0.25) is 0 Å². The summed E-state index contributed by atoms with van der Waals surface area (Å²) in [6, 6.07) is 0. The number of aromatic amines is 1. The smallest absolute Gasteiger partial charge is 0.287 e. The molecule has 70 valence electrons. The zero-order chi connectivity index (χ0) is 9.10. The van der Waals surface area contributed by atoms with Crippen LogP contribution >= 0.6 is 0 Å². The van der Waals surface area contributed by atoms with Gasteiger partial charge >= 0.3 is 0 Å². The Bertz CT molecular complexity index is 288. The van der Waals surface area contributed by atoms with E-state index in [9.17, 15) is 5.11 Å². The third kappa shape index (κ3) is 1.82. The van der Waals surface area contributed by atoms with Gasteiger partial charge in [-0.05, 0) is 29.9 Å². The van der Waals surface area contributed by atoms with Crippen molar-refractivity contribution in [3.05, 3.63) is 0 Å². The molecule has 0 unspecified atom stereocenters. The van der Waals surface area contributed by atoms with E-state index in [1.165, 1.54) is 0 Å². The van der Waals surface area contributed by atoms with E-state index in [1.807, 2.05) is 0 Å². The molecule has 6 nitrogen and oxygen atoms in total. The molecule has 0 saturated heterocycles. The first-order chi connectivity index (χ1) is 6.36. The minimum absolute atomic E-state index is 0.0819. The Kier molecular flexibility index (Phi) is 2.20. The largest absolute Gasteiger partial charge is 0.861 e. The highest BCUT2D eigenvalue weighted by atomic mass is 16.3. The summed E-state index contributed by atoms with van der Waals surface area (Å²) in [4.78, 5) is 3.75. The van der Waals surface area contributed by atoms with E-state index in [2.05, 4.69) is 25.6 Å². The van der Waals surface area contributed by atoms with E-state index in [4.69, 9.17) is 0 Å². The molecule has 2 rings (SSSR count). The molecule has 0 bridgehead atoms. The first-order valence-electron chi connectivity index (χ1n) is 4.35. The highest BCUT2D eigenvalue weighted by molar-refractivity contribution is 5.76. The summed E-state index contributed by atoms with van der Waals surface area (Å²) in [6.45, 7) is 0. The lowest BCUT2D eigenvalue weighted by molar-refractivity contribution is -0.223. The molecule has 13 heavy (non-hydrogen) atoms. The fourth-order valence-corrected chi connectivity index (χ4v) is 1.57. The normalized spacial score (nSPS) is 19.5. The molecule has 1 heterocycles. The third-order valence-corrected chi connectivity index (χ3v) is 2.25. The molecule has 6 heteroatoms. The Balaban J connectivity index is 2.07. The Morgan fingerprint density at radius 2 is 2.23 bits per heavy atom. The molecule has 0 amide bonds. The third-order valence-electron chi connectivity index (χ3n) is 2.25. The van der Waals surface area contributed by atoms with Crippen molar-refractivity contribution in [2.45, 2.75) is 25.7 Å². The van der Waals surface area contributed by atoms with Gasteiger partial charge < -0.3 is 5.11 Å². The first kappa shape index (κ1) is 8.15. The summed E-state index contributed by atoms with van der Waals surface area (Å²) in [6.07, 6.45) is 4.14. The molecule has 1 aliphatic carbocycles. The zero-order valence-electron chi connectivity index (χ0n) is 7.10. The van der Waals surface area contributed by atoms with Crippen LogP contribution in [-0.2, 0) is 0 Å². The molecule has 1 aliphatic rings. The molecule has 0 spiro atoms. The van der Waals surface area contributed by atoms with Crippen LogP contribution in [0.5, 0.6) is 0 Å². The average molecular weight is 180 g/mol. The summed E-state index contributed by atoms with van der Waals surface area (Å²) in [5.41, 5.74) is 0. The zero-order valence-corrected chi connectivity index (χ0v) is 7.10. The van der Waals surface area contributed by atoms with Crippen LogP contribution in [0.25, 0.3) is 0 Å². The summed E-state index contributed by atoms with van der Waals surface area (Å²) >= 11 is 0. The minimum Gasteiger partial charge on any atom is -0.861 e. The quantitative estimate of drug-likeness (QED) is 0.503. The number of hydrogen-bond acceptors (Lipinski definition) is 5. The second kappa shape index (κ2) is 3.51. The van der Waals surface area contributed by atoms with Crippen molar-refractivity contribution in [1.82, 2.24) is 20.6 Å². The minimum atomic E-state index is -0.112. The number of rotatable bonds is 2. The van der Waals surface area contributed by atoms with Crippen LogP contribution in [0.1, 0.15) is 25.7 Å². The van der Waals surface area contributed by atoms with E-state index < -0.39 is 0 Å². The molecule has 1 N–H and O–H groups in total. The number of nitrogens with zero attached hydrogens (tertiary/aromatic N) is 4. The predicted molar refractivity (Wildman–Crippen MR) is 43.2 cm³/mol. The van der Waals surface area contributed by atoms with Crippen LogP contribution in [0.15, 0.2) is 4.99 Å². The van der Waals surface area contributed by atoms with E-state index in [0.717, 1.165) is 25.7 Å². The van der Waals surface area contributed by atoms with Crippen molar-refractivity contribution in [2.75, 3.05) is 0 Å². The molecular formula is C7H10N5O-. The standard InChI is InChI=1S/C7H11N5O/c13-6(5-3-1-2-4-5)8-7-9-11-12-10-7/h5H,1-4H2,(H2,8,9,10,11,12,13)/p-1. The Hall–Kier alpha value is -1.46. The van der Waals surface area contributed by atoms with Crippen LogP contribution in [-0.4, -0.2) is 26.5 Å². The number of hydrogen-bond donors (Lipinski definition) is 1. The number of tetrazole rings is 1. The van der Waals surface area contributed by atoms with Gasteiger partial charge in [-0.3, -0.25) is 0 Å². The van der Waals surface area contributed by atoms with Crippen molar-refractivity contribution in [2.24, 2.45) is 10.9 Å². The van der Waals surface area contributed by atoms with Gasteiger partial charge in [0, 0.05) is 0 Å². The molecule has 0 aromatic carbocycles. The first-order valence-corrected chi connectivity index (χ1v) is 4.35. The van der Waals surface area contributed by atoms with Crippen molar-refractivity contribution >= 4 is 11.8 Å². The summed E-state index contributed by atoms with van der Waals surface area (Å²) in [5, 5.41) is 24.2. The number of aliphatic imine (C=N–C) groups is 1. The fourth-order valence-electron chi connectivity index (χ4n) is 1.57. The van der Waals surface area contributed by atoms with Crippen molar-refractivity contribution in [1.29, 1.82) is 0 Å². The Morgan fingerprint density at radius 3 is 2.85 bits per heavy atom. The molecule has 0 atom stereocenters. The fraction of sp³-hybridized carbons (Fsp3) is 0.714. The maximum atomic E-state index is 11.4. The SMILES string of the molecule is [O-]C(=Nc1nn[nH]n1)C1CCCC1. The van der Waals surface area contributed by atoms with E-state index in [-0.39, 0.29) is 17.8 Å². The van der Waals surface area contributed by atoms with E-state index in [1.54, 1.807) is 0 Å². The van der Waals surface area contributed by atoms with Crippen LogP contribution in [0.3, 0.4) is 0 Å². The molecule has 1 fully saturated rings. The topological polar surface area (TPSA) is 89.9 Å². The Labute approximate surface area is 75.1 Å². The molecule has 1 aromatic rings. The van der Waals surface area contributed by atoms with Gasteiger partial charge in [0.05, 0.1) is 0 Å². The highest BCUT2D eigenvalue weighted by Crippen LogP contribution is 2.25. The van der Waals surface area contributed by atoms with Crippen LogP contribution in [0, 0.1) is 5.92 Å². The molecule has 1 saturated carbocycles. The van der Waals surface area contributed by atoms with Gasteiger partial charge in [-0.2, -0.15) is 5.21 Å². The van der Waals surface area contributed by atoms with Gasteiger partial charge in [0.1, 0.15) is 0 Å². The predicted octanol–water partition coefficient (Wildman–Crippen LogP) is -0.220. The lowest BCUT2D eigenvalue weighted by Gasteiger charge is -2.15. The highest BCUT2D eigenvalue weighted by Gasteiger charge is 2.15. The second-order valence-electron chi connectivity index (χ2n) is 3.14. The van der Waals surface area contributed by atoms with Gasteiger partial charge in [0.15, 0.2) is 0 Å². The van der Waals surface area contributed by atoms with Crippen molar-refractivity contribution < 1.29 is 5.11 Å².